The quantitative estimate of drug-likeness (QED) is 0.809. The van der Waals surface area contributed by atoms with Crippen LogP contribution in [0.1, 0.15) is 37.4 Å². The number of hydrogen-bond donors (Lipinski definition) is 2. The van der Waals surface area contributed by atoms with Gasteiger partial charge in [0.25, 0.3) is 0 Å². The molecule has 0 aliphatic carbocycles. The average Bonchev–Trinajstić information content (AvgIpc) is 2.95. The van der Waals surface area contributed by atoms with Crippen LogP contribution in [-0.4, -0.2) is 28.8 Å². The molecule has 1 amide bonds. The van der Waals surface area contributed by atoms with Crippen LogP contribution in [0, 0.1) is 18.8 Å². The number of carbonyl (C=O) groups is 1. The highest BCUT2D eigenvalue weighted by atomic mass is 35.5. The van der Waals surface area contributed by atoms with Crippen LogP contribution in [0.3, 0.4) is 0 Å². The molecule has 0 spiro atoms. The maximum atomic E-state index is 12.5. The number of amides is 1. The van der Waals surface area contributed by atoms with Gasteiger partial charge in [0, 0.05) is 12.5 Å². The second-order valence-electron chi connectivity index (χ2n) is 7.13. The van der Waals surface area contributed by atoms with Crippen molar-refractivity contribution in [2.45, 2.75) is 39.7 Å². The Morgan fingerprint density at radius 3 is 2.69 bits per heavy atom. The SMILES string of the molecule is Cc1cc(NC(=O)CC(C)C2CCNCC2)n(Cc2ccccc2)n1.Cl. The highest BCUT2D eigenvalue weighted by molar-refractivity contribution is 5.90. The highest BCUT2D eigenvalue weighted by Gasteiger charge is 2.22. The number of nitrogens with one attached hydrogen (secondary N) is 2. The first-order valence-electron chi connectivity index (χ1n) is 9.21. The predicted octanol–water partition coefficient (Wildman–Crippen LogP) is 3.63. The summed E-state index contributed by atoms with van der Waals surface area (Å²) >= 11 is 0. The van der Waals surface area contributed by atoms with E-state index in [9.17, 15) is 4.79 Å². The molecule has 0 saturated carbocycles. The normalized spacial score (nSPS) is 15.9. The number of rotatable bonds is 6. The van der Waals surface area contributed by atoms with E-state index in [4.69, 9.17) is 0 Å². The summed E-state index contributed by atoms with van der Waals surface area (Å²) in [6.45, 7) is 6.95. The van der Waals surface area contributed by atoms with Crippen LogP contribution in [0.4, 0.5) is 5.82 Å². The first-order valence-corrected chi connectivity index (χ1v) is 9.21. The van der Waals surface area contributed by atoms with Crippen LogP contribution in [0.2, 0.25) is 0 Å². The number of halogens is 1. The summed E-state index contributed by atoms with van der Waals surface area (Å²) in [5, 5.41) is 11.0. The van der Waals surface area contributed by atoms with Gasteiger partial charge in [-0.3, -0.25) is 4.79 Å². The minimum absolute atomic E-state index is 0. The van der Waals surface area contributed by atoms with Crippen LogP contribution < -0.4 is 10.6 Å². The smallest absolute Gasteiger partial charge is 0.225 e. The molecular formula is C20H29ClN4O. The Morgan fingerprint density at radius 1 is 1.31 bits per heavy atom. The first kappa shape index (κ1) is 20.5. The van der Waals surface area contributed by atoms with Crippen LogP contribution >= 0.6 is 12.4 Å². The summed E-state index contributed by atoms with van der Waals surface area (Å²) in [4.78, 5) is 12.5. The second kappa shape index (κ2) is 9.74. The summed E-state index contributed by atoms with van der Waals surface area (Å²) in [7, 11) is 0. The lowest BCUT2D eigenvalue weighted by Gasteiger charge is -2.27. The van der Waals surface area contributed by atoms with Crippen LogP contribution in [-0.2, 0) is 11.3 Å². The van der Waals surface area contributed by atoms with E-state index >= 15 is 0 Å². The van der Waals surface area contributed by atoms with Gasteiger partial charge in [-0.1, -0.05) is 37.3 Å². The largest absolute Gasteiger partial charge is 0.317 e. The van der Waals surface area contributed by atoms with Crippen molar-refractivity contribution in [1.29, 1.82) is 0 Å². The topological polar surface area (TPSA) is 59.0 Å². The molecule has 1 fully saturated rings. The standard InChI is InChI=1S/C20H28N4O.ClH/c1-15(18-8-10-21-11-9-18)12-20(25)22-19-13-16(2)23-24(19)14-17-6-4-3-5-7-17;/h3-7,13,15,18,21H,8-12,14H2,1-2H3,(H,22,25);1H. The van der Waals surface area contributed by atoms with Crippen molar-refractivity contribution >= 4 is 24.1 Å². The number of hydrogen-bond acceptors (Lipinski definition) is 3. The van der Waals surface area contributed by atoms with Gasteiger partial charge in [-0.15, -0.1) is 12.4 Å². The number of aryl methyl sites for hydroxylation is 1. The molecule has 26 heavy (non-hydrogen) atoms. The molecule has 2 heterocycles. The van der Waals surface area contributed by atoms with Crippen LogP contribution in [0.15, 0.2) is 36.4 Å². The predicted molar refractivity (Wildman–Crippen MR) is 108 cm³/mol. The van der Waals surface area contributed by atoms with Crippen molar-refractivity contribution in [2.24, 2.45) is 11.8 Å². The Hall–Kier alpha value is -1.85. The fourth-order valence-electron chi connectivity index (χ4n) is 3.59. The molecule has 6 heteroatoms. The van der Waals surface area contributed by atoms with Crippen LogP contribution in [0.5, 0.6) is 0 Å². The first-order chi connectivity index (χ1) is 12.1. The van der Waals surface area contributed by atoms with Gasteiger partial charge in [0.05, 0.1) is 12.2 Å². The van der Waals surface area contributed by atoms with Crippen molar-refractivity contribution in [1.82, 2.24) is 15.1 Å². The molecule has 142 valence electrons. The molecule has 1 unspecified atom stereocenters. The maximum absolute atomic E-state index is 12.5. The molecule has 2 aromatic rings. The van der Waals surface area contributed by atoms with Crippen LogP contribution in [0.25, 0.3) is 0 Å². The fourth-order valence-corrected chi connectivity index (χ4v) is 3.59. The van der Waals surface area contributed by atoms with E-state index in [1.165, 1.54) is 18.4 Å². The Morgan fingerprint density at radius 2 is 2.00 bits per heavy atom. The number of benzene rings is 1. The molecule has 1 aliphatic rings. The van der Waals surface area contributed by atoms with Gasteiger partial charge in [-0.2, -0.15) is 5.10 Å². The Balaban J connectivity index is 0.00000243. The molecule has 1 aromatic carbocycles. The molecule has 0 bridgehead atoms. The summed E-state index contributed by atoms with van der Waals surface area (Å²) < 4.78 is 1.87. The van der Waals surface area contributed by atoms with E-state index in [0.29, 0.717) is 24.8 Å². The summed E-state index contributed by atoms with van der Waals surface area (Å²) in [6.07, 6.45) is 2.90. The molecule has 1 saturated heterocycles. The summed E-state index contributed by atoms with van der Waals surface area (Å²) in [6, 6.07) is 12.1. The van der Waals surface area contributed by atoms with E-state index in [1.807, 2.05) is 35.9 Å². The van der Waals surface area contributed by atoms with E-state index in [2.05, 4.69) is 34.8 Å². The molecule has 1 aromatic heterocycles. The summed E-state index contributed by atoms with van der Waals surface area (Å²) in [5.41, 5.74) is 2.09. The minimum atomic E-state index is 0. The van der Waals surface area contributed by atoms with E-state index < -0.39 is 0 Å². The monoisotopic (exact) mass is 376 g/mol. The maximum Gasteiger partial charge on any atom is 0.225 e. The molecule has 3 rings (SSSR count). The third-order valence-electron chi connectivity index (χ3n) is 5.04. The van der Waals surface area contributed by atoms with E-state index in [1.54, 1.807) is 0 Å². The van der Waals surface area contributed by atoms with Gasteiger partial charge in [0.2, 0.25) is 5.91 Å². The van der Waals surface area contributed by atoms with Crippen molar-refractivity contribution in [3.63, 3.8) is 0 Å². The molecular weight excluding hydrogens is 348 g/mol. The number of nitrogens with zero attached hydrogens (tertiary/aromatic N) is 2. The summed E-state index contributed by atoms with van der Waals surface area (Å²) in [5.74, 6) is 1.92. The zero-order valence-electron chi connectivity index (χ0n) is 15.6. The van der Waals surface area contributed by atoms with Gasteiger partial charge in [-0.25, -0.2) is 4.68 Å². The molecule has 1 aliphatic heterocycles. The van der Waals surface area contributed by atoms with Crippen molar-refractivity contribution < 1.29 is 4.79 Å². The second-order valence-corrected chi connectivity index (χ2v) is 7.13. The Kier molecular flexibility index (Phi) is 7.66. The third-order valence-corrected chi connectivity index (χ3v) is 5.04. The average molecular weight is 377 g/mol. The third kappa shape index (κ3) is 5.58. The Bertz CT molecular complexity index is 695. The van der Waals surface area contributed by atoms with Gasteiger partial charge >= 0.3 is 0 Å². The fraction of sp³-hybridized carbons (Fsp3) is 0.500. The van der Waals surface area contributed by atoms with Crippen molar-refractivity contribution in [2.75, 3.05) is 18.4 Å². The molecule has 5 nitrogen and oxygen atoms in total. The lowest BCUT2D eigenvalue weighted by atomic mass is 9.84. The van der Waals surface area contributed by atoms with E-state index in [0.717, 1.165) is 24.6 Å². The zero-order chi connectivity index (χ0) is 17.6. The minimum Gasteiger partial charge on any atom is -0.317 e. The highest BCUT2D eigenvalue weighted by Crippen LogP contribution is 2.25. The number of aromatic nitrogens is 2. The Labute approximate surface area is 162 Å². The number of piperidine rings is 1. The van der Waals surface area contributed by atoms with E-state index in [-0.39, 0.29) is 18.3 Å². The molecule has 0 radical (unpaired) electrons. The van der Waals surface area contributed by atoms with Gasteiger partial charge in [0.15, 0.2) is 0 Å². The zero-order valence-corrected chi connectivity index (χ0v) is 16.4. The number of carbonyl (C=O) groups excluding carboxylic acids is 1. The molecule has 2 N–H and O–H groups in total. The lowest BCUT2D eigenvalue weighted by molar-refractivity contribution is -0.117. The van der Waals surface area contributed by atoms with Gasteiger partial charge in [-0.05, 0) is 50.3 Å². The van der Waals surface area contributed by atoms with Gasteiger partial charge < -0.3 is 10.6 Å². The number of anilines is 1. The van der Waals surface area contributed by atoms with Gasteiger partial charge in [0.1, 0.15) is 5.82 Å². The van der Waals surface area contributed by atoms with Crippen molar-refractivity contribution in [3.05, 3.63) is 47.7 Å². The van der Waals surface area contributed by atoms with Crippen molar-refractivity contribution in [3.8, 4) is 0 Å². The molecule has 1 atom stereocenters. The lowest BCUT2D eigenvalue weighted by Crippen LogP contribution is -2.32.